The van der Waals surface area contributed by atoms with Gasteiger partial charge in [0.25, 0.3) is 0 Å². The minimum Gasteiger partial charge on any atom is -0.507 e. The molecule has 3 N–H and O–H groups in total. The first-order chi connectivity index (χ1) is 6.68. The van der Waals surface area contributed by atoms with Gasteiger partial charge in [-0.2, -0.15) is 0 Å². The normalized spacial score (nSPS) is 10.3. The Bertz CT molecular complexity index is 508. The minimum atomic E-state index is 0.135. The second kappa shape index (κ2) is 3.27. The third kappa shape index (κ3) is 1.42. The van der Waals surface area contributed by atoms with E-state index in [9.17, 15) is 5.11 Å². The maximum absolute atomic E-state index is 9.61. The zero-order valence-corrected chi connectivity index (χ0v) is 8.21. The summed E-state index contributed by atoms with van der Waals surface area (Å²) >= 11 is 4.83. The fourth-order valence-corrected chi connectivity index (χ4v) is 1.59. The Kier molecular flexibility index (Phi) is 2.09. The smallest absolute Gasteiger partial charge is 0.126 e. The summed E-state index contributed by atoms with van der Waals surface area (Å²) in [6, 6.07) is 11.2. The molecule has 0 saturated heterocycles. The van der Waals surface area contributed by atoms with E-state index in [0.717, 1.165) is 10.8 Å². The van der Waals surface area contributed by atoms with Crippen LogP contribution in [0.4, 0.5) is 0 Å². The fraction of sp³-hybridized carbons (Fsp3) is 0. The Morgan fingerprint density at radius 2 is 1.71 bits per heavy atom. The van der Waals surface area contributed by atoms with Crippen molar-refractivity contribution in [3.8, 4) is 5.75 Å². The predicted octanol–water partition coefficient (Wildman–Crippen LogP) is 2.18. The summed E-state index contributed by atoms with van der Waals surface area (Å²) < 4.78 is 0. The number of phenolic OH excluding ortho intramolecular Hbond substituents is 1. The van der Waals surface area contributed by atoms with Crippen LogP contribution in [0.1, 0.15) is 5.56 Å². The van der Waals surface area contributed by atoms with Crippen molar-refractivity contribution in [2.24, 2.45) is 5.73 Å². The monoisotopic (exact) mass is 203 g/mol. The molecule has 0 aliphatic rings. The van der Waals surface area contributed by atoms with Crippen molar-refractivity contribution >= 4 is 28.0 Å². The van der Waals surface area contributed by atoms with Gasteiger partial charge in [0.1, 0.15) is 10.7 Å². The van der Waals surface area contributed by atoms with E-state index < -0.39 is 0 Å². The highest BCUT2D eigenvalue weighted by molar-refractivity contribution is 7.80. The topological polar surface area (TPSA) is 46.2 Å². The van der Waals surface area contributed by atoms with Crippen LogP contribution >= 0.6 is 12.2 Å². The molecule has 70 valence electrons. The molecule has 0 radical (unpaired) electrons. The Labute approximate surface area is 87.0 Å². The third-order valence-corrected chi connectivity index (χ3v) is 2.35. The molecule has 14 heavy (non-hydrogen) atoms. The van der Waals surface area contributed by atoms with Crippen LogP contribution in [0.15, 0.2) is 36.4 Å². The number of hydrogen-bond acceptors (Lipinski definition) is 2. The van der Waals surface area contributed by atoms with Crippen LogP contribution in [-0.2, 0) is 0 Å². The van der Waals surface area contributed by atoms with Gasteiger partial charge in [-0.3, -0.25) is 0 Å². The number of fused-ring (bicyclic) bond motifs is 1. The molecule has 2 aromatic rings. The highest BCUT2D eigenvalue weighted by atomic mass is 32.1. The lowest BCUT2D eigenvalue weighted by molar-refractivity contribution is 0.475. The molecule has 0 spiro atoms. The van der Waals surface area contributed by atoms with E-state index in [1.54, 1.807) is 12.1 Å². The van der Waals surface area contributed by atoms with Crippen LogP contribution in [0.25, 0.3) is 10.8 Å². The first kappa shape index (κ1) is 8.97. The standard InChI is InChI=1S/C11H9NOS/c12-11(14)9-5-7-3-1-2-4-8(7)6-10(9)13/h1-6,13H,(H2,12,14). The lowest BCUT2D eigenvalue weighted by Crippen LogP contribution is -2.09. The van der Waals surface area contributed by atoms with Crippen molar-refractivity contribution in [3.05, 3.63) is 42.0 Å². The first-order valence-corrected chi connectivity index (χ1v) is 4.61. The average Bonchev–Trinajstić information content (AvgIpc) is 2.16. The summed E-state index contributed by atoms with van der Waals surface area (Å²) in [5, 5.41) is 11.6. The molecule has 0 bridgehead atoms. The maximum Gasteiger partial charge on any atom is 0.126 e. The number of thiocarbonyl (C=S) groups is 1. The molecule has 2 aromatic carbocycles. The molecule has 0 saturated carbocycles. The Balaban J connectivity index is 2.77. The van der Waals surface area contributed by atoms with E-state index in [4.69, 9.17) is 18.0 Å². The summed E-state index contributed by atoms with van der Waals surface area (Å²) in [5.41, 5.74) is 6.00. The number of phenols is 1. The molecule has 0 fully saturated rings. The van der Waals surface area contributed by atoms with Crippen molar-refractivity contribution in [2.75, 3.05) is 0 Å². The number of aromatic hydroxyl groups is 1. The third-order valence-electron chi connectivity index (χ3n) is 2.13. The second-order valence-electron chi connectivity index (χ2n) is 3.08. The minimum absolute atomic E-state index is 0.135. The van der Waals surface area contributed by atoms with E-state index >= 15 is 0 Å². The molecule has 0 unspecified atom stereocenters. The first-order valence-electron chi connectivity index (χ1n) is 4.20. The van der Waals surface area contributed by atoms with E-state index in [1.807, 2.05) is 24.3 Å². The van der Waals surface area contributed by atoms with Crippen molar-refractivity contribution in [2.45, 2.75) is 0 Å². The molecular weight excluding hydrogens is 194 g/mol. The van der Waals surface area contributed by atoms with Crippen LogP contribution in [0, 0.1) is 0 Å². The zero-order chi connectivity index (χ0) is 10.1. The Hall–Kier alpha value is -1.61. The summed E-state index contributed by atoms with van der Waals surface area (Å²) in [6.45, 7) is 0. The van der Waals surface area contributed by atoms with Crippen LogP contribution in [-0.4, -0.2) is 10.1 Å². The van der Waals surface area contributed by atoms with Gasteiger partial charge < -0.3 is 10.8 Å². The van der Waals surface area contributed by atoms with Gasteiger partial charge in [0.15, 0.2) is 0 Å². The lowest BCUT2D eigenvalue weighted by atomic mass is 10.1. The molecule has 0 aliphatic heterocycles. The summed E-state index contributed by atoms with van der Waals surface area (Å²) in [4.78, 5) is 0.216. The second-order valence-corrected chi connectivity index (χ2v) is 3.52. The number of benzene rings is 2. The molecule has 3 heteroatoms. The molecule has 2 nitrogen and oxygen atoms in total. The van der Waals surface area contributed by atoms with Gasteiger partial charge in [0.05, 0.1) is 5.56 Å². The lowest BCUT2D eigenvalue weighted by Gasteiger charge is -2.04. The van der Waals surface area contributed by atoms with Gasteiger partial charge in [0.2, 0.25) is 0 Å². The van der Waals surface area contributed by atoms with Crippen LogP contribution in [0.3, 0.4) is 0 Å². The van der Waals surface area contributed by atoms with Gasteiger partial charge in [0, 0.05) is 0 Å². The number of hydrogen-bond donors (Lipinski definition) is 2. The molecule has 0 heterocycles. The quantitative estimate of drug-likeness (QED) is 0.698. The molecule has 0 amide bonds. The molecule has 0 aliphatic carbocycles. The van der Waals surface area contributed by atoms with E-state index in [-0.39, 0.29) is 10.7 Å². The SMILES string of the molecule is NC(=S)c1cc2ccccc2cc1O. The molecule has 0 atom stereocenters. The van der Waals surface area contributed by atoms with E-state index in [1.165, 1.54) is 0 Å². The summed E-state index contributed by atoms with van der Waals surface area (Å²) in [7, 11) is 0. The Morgan fingerprint density at radius 1 is 1.14 bits per heavy atom. The summed E-state index contributed by atoms with van der Waals surface area (Å²) in [6.07, 6.45) is 0. The van der Waals surface area contributed by atoms with Gasteiger partial charge >= 0.3 is 0 Å². The number of nitrogens with two attached hydrogens (primary N) is 1. The highest BCUT2D eigenvalue weighted by Gasteiger charge is 2.05. The van der Waals surface area contributed by atoms with Gasteiger partial charge in [-0.05, 0) is 22.9 Å². The number of rotatable bonds is 1. The fourth-order valence-electron chi connectivity index (χ4n) is 1.43. The van der Waals surface area contributed by atoms with Gasteiger partial charge in [-0.25, -0.2) is 0 Å². The van der Waals surface area contributed by atoms with Crippen molar-refractivity contribution in [1.29, 1.82) is 0 Å². The largest absolute Gasteiger partial charge is 0.507 e. The Morgan fingerprint density at radius 3 is 2.29 bits per heavy atom. The van der Waals surface area contributed by atoms with Crippen LogP contribution < -0.4 is 5.73 Å². The van der Waals surface area contributed by atoms with Crippen molar-refractivity contribution in [1.82, 2.24) is 0 Å². The molecule has 0 aromatic heterocycles. The highest BCUT2D eigenvalue weighted by Crippen LogP contribution is 2.24. The van der Waals surface area contributed by atoms with Gasteiger partial charge in [-0.1, -0.05) is 36.5 Å². The van der Waals surface area contributed by atoms with E-state index in [2.05, 4.69) is 0 Å². The zero-order valence-electron chi connectivity index (χ0n) is 7.40. The molecular formula is C11H9NOS. The van der Waals surface area contributed by atoms with Crippen LogP contribution in [0.5, 0.6) is 5.75 Å². The van der Waals surface area contributed by atoms with E-state index in [0.29, 0.717) is 5.56 Å². The van der Waals surface area contributed by atoms with Gasteiger partial charge in [-0.15, -0.1) is 0 Å². The molecule has 2 rings (SSSR count). The maximum atomic E-state index is 9.61. The van der Waals surface area contributed by atoms with Crippen molar-refractivity contribution in [3.63, 3.8) is 0 Å². The van der Waals surface area contributed by atoms with Crippen LogP contribution in [0.2, 0.25) is 0 Å². The average molecular weight is 203 g/mol. The summed E-state index contributed by atoms with van der Waals surface area (Å²) in [5.74, 6) is 0.135. The predicted molar refractivity (Wildman–Crippen MR) is 61.5 cm³/mol. The van der Waals surface area contributed by atoms with Crippen molar-refractivity contribution < 1.29 is 5.11 Å².